The van der Waals surface area contributed by atoms with E-state index in [9.17, 15) is 4.79 Å². The first kappa shape index (κ1) is 18.1. The van der Waals surface area contributed by atoms with E-state index in [1.54, 1.807) is 12.4 Å². The van der Waals surface area contributed by atoms with Gasteiger partial charge >= 0.3 is 0 Å². The van der Waals surface area contributed by atoms with E-state index in [-0.39, 0.29) is 11.7 Å². The van der Waals surface area contributed by atoms with Gasteiger partial charge in [-0.15, -0.1) is 10.2 Å². The van der Waals surface area contributed by atoms with Gasteiger partial charge in [0.05, 0.1) is 5.75 Å². The van der Waals surface area contributed by atoms with E-state index in [0.717, 1.165) is 28.8 Å². The number of para-hydroxylation sites is 1. The molecule has 1 aromatic carbocycles. The van der Waals surface area contributed by atoms with Crippen molar-refractivity contribution in [2.45, 2.75) is 25.5 Å². The number of pyridine rings is 1. The average Bonchev–Trinajstić information content (AvgIpc) is 3.03. The molecule has 26 heavy (non-hydrogen) atoms. The maximum Gasteiger partial charge on any atom is 0.234 e. The van der Waals surface area contributed by atoms with Crippen molar-refractivity contribution in [3.05, 3.63) is 54.9 Å². The molecule has 0 aliphatic rings. The Balaban J connectivity index is 1.73. The fraction of sp³-hybridized carbons (Fsp3) is 0.263. The minimum absolute atomic E-state index is 0.0665. The Morgan fingerprint density at radius 1 is 1.15 bits per heavy atom. The number of hydrogen-bond donors (Lipinski definition) is 1. The van der Waals surface area contributed by atoms with Crippen molar-refractivity contribution in [3.8, 4) is 11.4 Å². The molecule has 0 aliphatic carbocycles. The van der Waals surface area contributed by atoms with E-state index in [0.29, 0.717) is 5.92 Å². The second-order valence-corrected chi connectivity index (χ2v) is 7.20. The zero-order valence-electron chi connectivity index (χ0n) is 14.8. The van der Waals surface area contributed by atoms with Crippen LogP contribution < -0.4 is 5.32 Å². The molecule has 3 rings (SSSR count). The van der Waals surface area contributed by atoms with Gasteiger partial charge in [0.1, 0.15) is 0 Å². The Hall–Kier alpha value is -2.67. The Kier molecular flexibility index (Phi) is 6.01. The van der Waals surface area contributed by atoms with Gasteiger partial charge in [-0.05, 0) is 30.2 Å². The van der Waals surface area contributed by atoms with Crippen LogP contribution in [0, 0.1) is 5.92 Å². The lowest BCUT2D eigenvalue weighted by atomic mass is 10.2. The molecule has 0 spiro atoms. The van der Waals surface area contributed by atoms with Crippen LogP contribution in [0.25, 0.3) is 11.4 Å². The lowest BCUT2D eigenvalue weighted by molar-refractivity contribution is -0.113. The summed E-state index contributed by atoms with van der Waals surface area (Å²) < 4.78 is 2.06. The molecule has 1 amide bonds. The Labute approximate surface area is 157 Å². The first-order valence-electron chi connectivity index (χ1n) is 8.45. The van der Waals surface area contributed by atoms with E-state index in [1.165, 1.54) is 11.8 Å². The number of carbonyl (C=O) groups is 1. The predicted octanol–water partition coefficient (Wildman–Crippen LogP) is 3.73. The SMILES string of the molecule is CC(C)Cn1c(SCC(=O)Nc2ccccc2)nnc1-c1cccnc1. The summed E-state index contributed by atoms with van der Waals surface area (Å²) >= 11 is 1.39. The van der Waals surface area contributed by atoms with E-state index in [2.05, 4.69) is 38.9 Å². The molecule has 0 fully saturated rings. The molecule has 2 heterocycles. The molecule has 7 heteroatoms. The number of benzene rings is 1. The number of anilines is 1. The van der Waals surface area contributed by atoms with Gasteiger partial charge in [0, 0.05) is 30.2 Å². The highest BCUT2D eigenvalue weighted by molar-refractivity contribution is 7.99. The number of aromatic nitrogens is 4. The zero-order chi connectivity index (χ0) is 18.4. The number of amides is 1. The minimum atomic E-state index is -0.0665. The summed E-state index contributed by atoms with van der Waals surface area (Å²) in [7, 11) is 0. The summed E-state index contributed by atoms with van der Waals surface area (Å²) in [5.41, 5.74) is 1.71. The summed E-state index contributed by atoms with van der Waals surface area (Å²) in [6.07, 6.45) is 3.51. The predicted molar refractivity (Wildman–Crippen MR) is 104 cm³/mol. The maximum atomic E-state index is 12.2. The van der Waals surface area contributed by atoms with E-state index in [1.807, 2.05) is 42.5 Å². The third-order valence-electron chi connectivity index (χ3n) is 3.57. The molecule has 3 aromatic rings. The fourth-order valence-corrected chi connectivity index (χ4v) is 3.23. The van der Waals surface area contributed by atoms with Crippen LogP contribution >= 0.6 is 11.8 Å². The normalized spacial score (nSPS) is 10.9. The summed E-state index contributed by atoms with van der Waals surface area (Å²) in [6, 6.07) is 13.3. The second-order valence-electron chi connectivity index (χ2n) is 6.26. The van der Waals surface area contributed by atoms with Crippen LogP contribution in [0.4, 0.5) is 5.69 Å². The van der Waals surface area contributed by atoms with E-state index >= 15 is 0 Å². The summed E-state index contributed by atoms with van der Waals surface area (Å²) in [6.45, 7) is 5.06. The zero-order valence-corrected chi connectivity index (χ0v) is 15.6. The van der Waals surface area contributed by atoms with Crippen molar-refractivity contribution in [2.75, 3.05) is 11.1 Å². The highest BCUT2D eigenvalue weighted by atomic mass is 32.2. The number of nitrogens with zero attached hydrogens (tertiary/aromatic N) is 4. The molecule has 134 valence electrons. The number of hydrogen-bond acceptors (Lipinski definition) is 5. The lowest BCUT2D eigenvalue weighted by Gasteiger charge is -2.12. The topological polar surface area (TPSA) is 72.7 Å². The summed E-state index contributed by atoms with van der Waals surface area (Å²) in [5.74, 6) is 1.41. The summed E-state index contributed by atoms with van der Waals surface area (Å²) in [5, 5.41) is 12.2. The van der Waals surface area contributed by atoms with Crippen molar-refractivity contribution < 1.29 is 4.79 Å². The van der Waals surface area contributed by atoms with Gasteiger partial charge in [0.25, 0.3) is 0 Å². The molecule has 0 bridgehead atoms. The molecule has 0 aliphatic heterocycles. The van der Waals surface area contributed by atoms with Gasteiger partial charge < -0.3 is 9.88 Å². The van der Waals surface area contributed by atoms with Crippen molar-refractivity contribution in [2.24, 2.45) is 5.92 Å². The first-order valence-corrected chi connectivity index (χ1v) is 9.43. The van der Waals surface area contributed by atoms with Crippen molar-refractivity contribution in [1.82, 2.24) is 19.7 Å². The summed E-state index contributed by atoms with van der Waals surface area (Å²) in [4.78, 5) is 16.4. The molecule has 6 nitrogen and oxygen atoms in total. The van der Waals surface area contributed by atoms with Crippen molar-refractivity contribution in [1.29, 1.82) is 0 Å². The largest absolute Gasteiger partial charge is 0.325 e. The van der Waals surface area contributed by atoms with Crippen LogP contribution in [0.2, 0.25) is 0 Å². The van der Waals surface area contributed by atoms with Crippen LogP contribution in [0.1, 0.15) is 13.8 Å². The highest BCUT2D eigenvalue weighted by Gasteiger charge is 2.16. The average molecular weight is 367 g/mol. The van der Waals surface area contributed by atoms with Crippen LogP contribution in [0.15, 0.2) is 60.0 Å². The molecule has 0 unspecified atom stereocenters. The monoisotopic (exact) mass is 367 g/mol. The Bertz CT molecular complexity index is 849. The standard InChI is InChI=1S/C19H21N5OS/c1-14(2)12-24-18(15-7-6-10-20-11-15)22-23-19(24)26-13-17(25)21-16-8-4-3-5-9-16/h3-11,14H,12-13H2,1-2H3,(H,21,25). The molecular formula is C19H21N5OS. The van der Waals surface area contributed by atoms with Crippen LogP contribution in [0.5, 0.6) is 0 Å². The molecular weight excluding hydrogens is 346 g/mol. The highest BCUT2D eigenvalue weighted by Crippen LogP contribution is 2.24. The van der Waals surface area contributed by atoms with Crippen molar-refractivity contribution in [3.63, 3.8) is 0 Å². The van der Waals surface area contributed by atoms with Gasteiger partial charge in [-0.2, -0.15) is 0 Å². The van der Waals surface area contributed by atoms with Gasteiger partial charge in [0.2, 0.25) is 5.91 Å². The number of carbonyl (C=O) groups excluding carboxylic acids is 1. The third kappa shape index (κ3) is 4.70. The Morgan fingerprint density at radius 2 is 1.96 bits per heavy atom. The van der Waals surface area contributed by atoms with Crippen LogP contribution in [0.3, 0.4) is 0 Å². The molecule has 0 saturated carbocycles. The van der Waals surface area contributed by atoms with Gasteiger partial charge in [-0.1, -0.05) is 43.8 Å². The molecule has 1 N–H and O–H groups in total. The second kappa shape index (κ2) is 8.62. The van der Waals surface area contributed by atoms with Gasteiger partial charge in [-0.3, -0.25) is 9.78 Å². The smallest absolute Gasteiger partial charge is 0.234 e. The van der Waals surface area contributed by atoms with E-state index < -0.39 is 0 Å². The quantitative estimate of drug-likeness (QED) is 0.644. The lowest BCUT2D eigenvalue weighted by Crippen LogP contribution is -2.15. The third-order valence-corrected chi connectivity index (χ3v) is 4.54. The molecule has 0 radical (unpaired) electrons. The Morgan fingerprint density at radius 3 is 2.65 bits per heavy atom. The molecule has 2 aromatic heterocycles. The number of rotatable bonds is 7. The molecule has 0 saturated heterocycles. The van der Waals surface area contributed by atoms with Crippen LogP contribution in [-0.4, -0.2) is 31.4 Å². The number of nitrogens with one attached hydrogen (secondary N) is 1. The van der Waals surface area contributed by atoms with E-state index in [4.69, 9.17) is 0 Å². The minimum Gasteiger partial charge on any atom is -0.325 e. The molecule has 0 atom stereocenters. The van der Waals surface area contributed by atoms with Gasteiger partial charge in [-0.25, -0.2) is 0 Å². The fourth-order valence-electron chi connectivity index (χ4n) is 2.48. The van der Waals surface area contributed by atoms with Gasteiger partial charge in [0.15, 0.2) is 11.0 Å². The first-order chi connectivity index (χ1) is 12.6. The van der Waals surface area contributed by atoms with Crippen LogP contribution in [-0.2, 0) is 11.3 Å². The van der Waals surface area contributed by atoms with Crippen molar-refractivity contribution >= 4 is 23.4 Å². The maximum absolute atomic E-state index is 12.2. The number of thioether (sulfide) groups is 1.